The third-order valence-electron chi connectivity index (χ3n) is 4.37. The van der Waals surface area contributed by atoms with E-state index in [4.69, 9.17) is 8.85 Å². The molecule has 0 aromatic rings. The van der Waals surface area contributed by atoms with Gasteiger partial charge in [0.05, 0.1) is 12.2 Å². The molecule has 2 unspecified atom stereocenters. The number of rotatable bonds is 15. The molecule has 0 bridgehead atoms. The Morgan fingerprint density at radius 1 is 1.04 bits per heavy atom. The maximum Gasteiger partial charge on any atom is 0.334 e. The summed E-state index contributed by atoms with van der Waals surface area (Å²) in [7, 11) is 1.43. The maximum atomic E-state index is 9.92. The summed E-state index contributed by atoms with van der Waals surface area (Å²) in [5.41, 5.74) is 0. The molecule has 0 radical (unpaired) electrons. The van der Waals surface area contributed by atoms with Crippen LogP contribution in [0.5, 0.6) is 0 Å². The molecule has 0 saturated carbocycles. The van der Waals surface area contributed by atoms with Gasteiger partial charge in [-0.1, -0.05) is 13.8 Å². The summed E-state index contributed by atoms with van der Waals surface area (Å²) < 4.78 is 11.0. The van der Waals surface area contributed by atoms with Gasteiger partial charge in [0.25, 0.3) is 0 Å². The van der Waals surface area contributed by atoms with Gasteiger partial charge in [-0.15, -0.1) is 0 Å². The summed E-state index contributed by atoms with van der Waals surface area (Å²) in [4.78, 5) is 2.28. The maximum absolute atomic E-state index is 9.92. The topological polar surface area (TPSA) is 74.2 Å². The van der Waals surface area contributed by atoms with Crippen LogP contribution in [0.1, 0.15) is 33.1 Å². The largest absolute Gasteiger partial charge is 0.398 e. The monoisotopic (exact) mass is 350 g/mol. The van der Waals surface area contributed by atoms with Crippen LogP contribution in [0.25, 0.3) is 0 Å². The van der Waals surface area contributed by atoms with Crippen LogP contribution in [-0.2, 0) is 8.85 Å². The van der Waals surface area contributed by atoms with E-state index >= 15 is 0 Å². The highest BCUT2D eigenvalue weighted by atomic mass is 28.4. The van der Waals surface area contributed by atoms with E-state index in [9.17, 15) is 10.2 Å². The molecule has 0 aliphatic heterocycles. The van der Waals surface area contributed by atoms with Gasteiger partial charge in [0.2, 0.25) is 0 Å². The van der Waals surface area contributed by atoms with Crippen molar-refractivity contribution in [1.82, 2.24) is 10.2 Å². The van der Waals surface area contributed by atoms with E-state index in [0.717, 1.165) is 44.9 Å². The average molecular weight is 351 g/mol. The lowest BCUT2D eigenvalue weighted by molar-refractivity contribution is 0.107. The number of hydrogen-bond acceptors (Lipinski definition) is 6. The lowest BCUT2D eigenvalue weighted by Gasteiger charge is -2.27. The molecule has 0 aliphatic rings. The van der Waals surface area contributed by atoms with Crippen LogP contribution in [-0.4, -0.2) is 82.8 Å². The Bertz CT molecular complexity index is 281. The SMILES string of the molecule is CCC(O)CNCCN(CCC[Si](C)(OC)OC)CC(O)CC. The smallest absolute Gasteiger partial charge is 0.334 e. The van der Waals surface area contributed by atoms with Gasteiger partial charge in [0, 0.05) is 40.4 Å². The molecule has 0 rings (SSSR count). The van der Waals surface area contributed by atoms with E-state index < -0.39 is 8.56 Å². The van der Waals surface area contributed by atoms with Gasteiger partial charge < -0.3 is 24.4 Å². The third kappa shape index (κ3) is 11.2. The Kier molecular flexibility index (Phi) is 13.3. The fraction of sp³-hybridized carbons (Fsp3) is 1.00. The summed E-state index contributed by atoms with van der Waals surface area (Å²) >= 11 is 0. The average Bonchev–Trinajstić information content (AvgIpc) is 2.57. The van der Waals surface area contributed by atoms with Crippen LogP contribution in [0.15, 0.2) is 0 Å². The van der Waals surface area contributed by atoms with Crippen molar-refractivity contribution in [2.24, 2.45) is 0 Å². The predicted molar refractivity (Wildman–Crippen MR) is 97.0 cm³/mol. The van der Waals surface area contributed by atoms with Crippen LogP contribution < -0.4 is 5.32 Å². The van der Waals surface area contributed by atoms with Crippen LogP contribution in [0.3, 0.4) is 0 Å². The second-order valence-electron chi connectivity index (χ2n) is 6.27. The number of hydrogen-bond donors (Lipinski definition) is 3. The van der Waals surface area contributed by atoms with Crippen molar-refractivity contribution in [1.29, 1.82) is 0 Å². The second-order valence-corrected chi connectivity index (χ2v) is 9.86. The Labute approximate surface area is 143 Å². The molecular formula is C16H38N2O4Si. The zero-order chi connectivity index (χ0) is 17.7. The third-order valence-corrected chi connectivity index (χ3v) is 7.35. The first-order valence-electron chi connectivity index (χ1n) is 8.80. The molecule has 6 nitrogen and oxygen atoms in total. The summed E-state index contributed by atoms with van der Waals surface area (Å²) in [6.45, 7) is 9.96. The molecule has 0 aliphatic carbocycles. The van der Waals surface area contributed by atoms with E-state index in [0.29, 0.717) is 13.1 Å². The molecular weight excluding hydrogens is 312 g/mol. The van der Waals surface area contributed by atoms with Gasteiger partial charge in [-0.05, 0) is 38.4 Å². The Balaban J connectivity index is 4.19. The predicted octanol–water partition coefficient (Wildman–Crippen LogP) is 1.17. The first-order chi connectivity index (χ1) is 10.9. The number of nitrogens with zero attached hydrogens (tertiary/aromatic N) is 1. The standard InChI is InChI=1S/C16H38N2O4Si/c1-6-15(19)13-17-9-11-18(14-16(20)7-2)10-8-12-23(5,21-3)22-4/h15-17,19-20H,6-14H2,1-5H3. The van der Waals surface area contributed by atoms with Crippen molar-refractivity contribution in [3.05, 3.63) is 0 Å². The van der Waals surface area contributed by atoms with Crippen LogP contribution in [0, 0.1) is 0 Å². The zero-order valence-corrected chi connectivity index (χ0v) is 16.7. The van der Waals surface area contributed by atoms with Gasteiger partial charge in [-0.2, -0.15) is 0 Å². The van der Waals surface area contributed by atoms with Crippen LogP contribution in [0.4, 0.5) is 0 Å². The van der Waals surface area contributed by atoms with Crippen LogP contribution in [0.2, 0.25) is 12.6 Å². The molecule has 0 saturated heterocycles. The number of nitrogens with one attached hydrogen (secondary N) is 1. The van der Waals surface area contributed by atoms with E-state index in [-0.39, 0.29) is 12.2 Å². The van der Waals surface area contributed by atoms with Crippen molar-refractivity contribution in [2.45, 2.75) is 57.9 Å². The van der Waals surface area contributed by atoms with Crippen molar-refractivity contribution >= 4 is 8.56 Å². The molecule has 3 N–H and O–H groups in total. The Hall–Kier alpha value is -0.0231. The van der Waals surface area contributed by atoms with Gasteiger partial charge in [-0.3, -0.25) is 4.90 Å². The summed E-state index contributed by atoms with van der Waals surface area (Å²) in [6, 6.07) is 0.945. The molecule has 0 spiro atoms. The molecule has 2 atom stereocenters. The van der Waals surface area contributed by atoms with Gasteiger partial charge in [-0.25, -0.2) is 0 Å². The van der Waals surface area contributed by atoms with E-state index in [1.165, 1.54) is 0 Å². The zero-order valence-electron chi connectivity index (χ0n) is 15.7. The fourth-order valence-electron chi connectivity index (χ4n) is 2.28. The first-order valence-corrected chi connectivity index (χ1v) is 11.3. The molecule has 0 fully saturated rings. The first kappa shape index (κ1) is 23.0. The summed E-state index contributed by atoms with van der Waals surface area (Å²) in [5.74, 6) is 0. The minimum atomic E-state index is -2.01. The highest BCUT2D eigenvalue weighted by Crippen LogP contribution is 2.14. The molecule has 0 aromatic heterocycles. The highest BCUT2D eigenvalue weighted by molar-refractivity contribution is 6.65. The summed E-state index contributed by atoms with van der Waals surface area (Å²) in [6.07, 6.45) is 1.96. The van der Waals surface area contributed by atoms with Crippen molar-refractivity contribution < 1.29 is 19.1 Å². The van der Waals surface area contributed by atoms with Gasteiger partial charge in [0.1, 0.15) is 0 Å². The van der Waals surface area contributed by atoms with Crippen molar-refractivity contribution in [2.75, 3.05) is 46.9 Å². The number of aliphatic hydroxyl groups excluding tert-OH is 2. The van der Waals surface area contributed by atoms with E-state index in [2.05, 4.69) is 16.8 Å². The van der Waals surface area contributed by atoms with Gasteiger partial charge >= 0.3 is 8.56 Å². The van der Waals surface area contributed by atoms with Crippen LogP contribution >= 0.6 is 0 Å². The lowest BCUT2D eigenvalue weighted by Crippen LogP contribution is -2.41. The highest BCUT2D eigenvalue weighted by Gasteiger charge is 2.28. The number of aliphatic hydroxyl groups is 2. The Morgan fingerprint density at radius 2 is 1.65 bits per heavy atom. The van der Waals surface area contributed by atoms with Crippen molar-refractivity contribution in [3.63, 3.8) is 0 Å². The fourth-order valence-corrected chi connectivity index (χ4v) is 3.66. The quantitative estimate of drug-likeness (QED) is 0.304. The van der Waals surface area contributed by atoms with E-state index in [1.807, 2.05) is 13.8 Å². The minimum Gasteiger partial charge on any atom is -0.398 e. The Morgan fingerprint density at radius 3 is 2.17 bits per heavy atom. The minimum absolute atomic E-state index is 0.278. The molecule has 7 heteroatoms. The molecule has 140 valence electrons. The molecule has 0 amide bonds. The molecule has 0 aromatic carbocycles. The normalized spacial score (nSPS) is 15.1. The summed E-state index contributed by atoms with van der Waals surface area (Å²) in [5, 5.41) is 22.7. The second kappa shape index (κ2) is 13.3. The van der Waals surface area contributed by atoms with E-state index in [1.54, 1.807) is 14.2 Å². The lowest BCUT2D eigenvalue weighted by atomic mass is 10.2. The van der Waals surface area contributed by atoms with Crippen molar-refractivity contribution in [3.8, 4) is 0 Å². The van der Waals surface area contributed by atoms with Gasteiger partial charge in [0.15, 0.2) is 0 Å². The molecule has 23 heavy (non-hydrogen) atoms. The molecule has 0 heterocycles.